The van der Waals surface area contributed by atoms with Crippen molar-refractivity contribution in [2.75, 3.05) is 0 Å². The number of imide groups is 1. The van der Waals surface area contributed by atoms with Crippen LogP contribution in [0.2, 0.25) is 5.02 Å². The Morgan fingerprint density at radius 3 is 2.44 bits per heavy atom. The third-order valence-electron chi connectivity index (χ3n) is 4.78. The van der Waals surface area contributed by atoms with Crippen LogP contribution in [0.4, 0.5) is 4.79 Å². The van der Waals surface area contributed by atoms with Crippen LogP contribution in [0.25, 0.3) is 6.08 Å². The minimum atomic E-state index is -0.445. The van der Waals surface area contributed by atoms with E-state index in [2.05, 4.69) is 0 Å². The van der Waals surface area contributed by atoms with E-state index in [9.17, 15) is 14.4 Å². The average Bonchev–Trinajstić information content (AvgIpc) is 3.03. The van der Waals surface area contributed by atoms with E-state index in [0.29, 0.717) is 26.8 Å². The molecular weight excluding hydrogens is 446 g/mol. The highest BCUT2D eigenvalue weighted by atomic mass is 35.5. The number of nitrogens with zero attached hydrogens (tertiary/aromatic N) is 1. The molecule has 0 unspecified atom stereocenters. The summed E-state index contributed by atoms with van der Waals surface area (Å²) in [6, 6.07) is 20.9. The Balaban J connectivity index is 1.43. The van der Waals surface area contributed by atoms with Gasteiger partial charge in [0.1, 0.15) is 5.75 Å². The van der Waals surface area contributed by atoms with Gasteiger partial charge in [0.2, 0.25) is 0 Å². The lowest BCUT2D eigenvalue weighted by Gasteiger charge is -2.12. The maximum atomic E-state index is 12.7. The molecule has 1 fully saturated rings. The van der Waals surface area contributed by atoms with Crippen LogP contribution in [0.1, 0.15) is 27.0 Å². The zero-order valence-electron chi connectivity index (χ0n) is 17.1. The van der Waals surface area contributed by atoms with E-state index in [1.165, 1.54) is 4.90 Å². The second-order valence-corrected chi connectivity index (χ2v) is 8.65. The Kier molecular flexibility index (Phi) is 6.44. The summed E-state index contributed by atoms with van der Waals surface area (Å²) < 4.78 is 5.39. The maximum Gasteiger partial charge on any atom is 0.343 e. The van der Waals surface area contributed by atoms with Crippen LogP contribution in [0.5, 0.6) is 5.75 Å². The number of hydrogen-bond donors (Lipinski definition) is 0. The zero-order chi connectivity index (χ0) is 22.7. The lowest BCUT2D eigenvalue weighted by molar-refractivity contribution is -0.123. The van der Waals surface area contributed by atoms with E-state index in [-0.39, 0.29) is 17.7 Å². The van der Waals surface area contributed by atoms with E-state index in [0.717, 1.165) is 22.9 Å². The van der Waals surface area contributed by atoms with E-state index >= 15 is 0 Å². The first-order valence-electron chi connectivity index (χ1n) is 9.78. The number of ether oxygens (including phenoxy) is 1. The summed E-state index contributed by atoms with van der Waals surface area (Å²) in [5.41, 5.74) is 3.02. The maximum absolute atomic E-state index is 12.7. The third-order valence-corrected chi connectivity index (χ3v) is 5.92. The molecule has 7 heteroatoms. The zero-order valence-corrected chi connectivity index (χ0v) is 18.7. The number of aryl methyl sites for hydroxylation is 1. The van der Waals surface area contributed by atoms with Crippen LogP contribution in [-0.2, 0) is 11.3 Å². The number of amides is 2. The van der Waals surface area contributed by atoms with Crippen LogP contribution in [0.3, 0.4) is 0 Å². The van der Waals surface area contributed by atoms with Crippen LogP contribution in [0, 0.1) is 6.92 Å². The predicted molar refractivity (Wildman–Crippen MR) is 126 cm³/mol. The molecule has 1 saturated heterocycles. The molecule has 0 radical (unpaired) electrons. The number of carbonyl (C=O) groups is 3. The fraction of sp³-hybridized carbons (Fsp3) is 0.0800. The molecule has 0 aliphatic carbocycles. The molecule has 1 aliphatic heterocycles. The Bertz CT molecular complexity index is 1220. The minimum Gasteiger partial charge on any atom is -0.423 e. The van der Waals surface area contributed by atoms with Crippen LogP contribution >= 0.6 is 23.4 Å². The molecule has 3 aromatic carbocycles. The lowest BCUT2D eigenvalue weighted by atomic mass is 10.1. The average molecular weight is 464 g/mol. The number of halogens is 1. The van der Waals surface area contributed by atoms with Crippen molar-refractivity contribution in [3.8, 4) is 5.75 Å². The molecule has 32 heavy (non-hydrogen) atoms. The molecule has 0 saturated carbocycles. The molecule has 3 aromatic rings. The molecule has 0 N–H and O–H groups in total. The van der Waals surface area contributed by atoms with Crippen molar-refractivity contribution in [2.24, 2.45) is 0 Å². The highest BCUT2D eigenvalue weighted by Gasteiger charge is 2.35. The smallest absolute Gasteiger partial charge is 0.343 e. The van der Waals surface area contributed by atoms with Crippen LogP contribution in [-0.4, -0.2) is 22.0 Å². The van der Waals surface area contributed by atoms with Crippen molar-refractivity contribution in [1.29, 1.82) is 0 Å². The lowest BCUT2D eigenvalue weighted by Crippen LogP contribution is -2.27. The predicted octanol–water partition coefficient (Wildman–Crippen LogP) is 6.10. The second-order valence-electron chi connectivity index (χ2n) is 7.22. The van der Waals surface area contributed by atoms with Gasteiger partial charge in [0.15, 0.2) is 0 Å². The number of carbonyl (C=O) groups excluding carboxylic acids is 3. The van der Waals surface area contributed by atoms with Gasteiger partial charge in [-0.2, -0.15) is 0 Å². The Morgan fingerprint density at radius 1 is 1.03 bits per heavy atom. The van der Waals surface area contributed by atoms with Crippen LogP contribution in [0.15, 0.2) is 77.7 Å². The number of benzene rings is 3. The fourth-order valence-corrected chi connectivity index (χ4v) is 4.14. The first kappa shape index (κ1) is 21.9. The molecule has 4 rings (SSSR count). The van der Waals surface area contributed by atoms with Crippen molar-refractivity contribution >= 4 is 46.6 Å². The number of thioether (sulfide) groups is 1. The highest BCUT2D eigenvalue weighted by Crippen LogP contribution is 2.33. The second kappa shape index (κ2) is 9.42. The first-order valence-corrected chi connectivity index (χ1v) is 11.0. The molecule has 5 nitrogen and oxygen atoms in total. The van der Waals surface area contributed by atoms with Crippen molar-refractivity contribution in [2.45, 2.75) is 13.5 Å². The van der Waals surface area contributed by atoms with Gasteiger partial charge in [-0.15, -0.1) is 0 Å². The van der Waals surface area contributed by atoms with E-state index in [1.54, 1.807) is 60.7 Å². The van der Waals surface area contributed by atoms with Gasteiger partial charge in [-0.05, 0) is 72.3 Å². The van der Waals surface area contributed by atoms with Crippen molar-refractivity contribution < 1.29 is 19.1 Å². The van der Waals surface area contributed by atoms with Gasteiger partial charge in [0.05, 0.1) is 17.0 Å². The first-order chi connectivity index (χ1) is 15.4. The monoisotopic (exact) mass is 463 g/mol. The summed E-state index contributed by atoms with van der Waals surface area (Å²) >= 11 is 6.88. The third kappa shape index (κ3) is 5.10. The van der Waals surface area contributed by atoms with Crippen LogP contribution < -0.4 is 4.74 Å². The molecular formula is C25H18ClNO4S. The van der Waals surface area contributed by atoms with E-state index in [1.807, 2.05) is 25.1 Å². The van der Waals surface area contributed by atoms with Gasteiger partial charge in [0.25, 0.3) is 11.1 Å². The normalized spacial score (nSPS) is 14.8. The summed E-state index contributed by atoms with van der Waals surface area (Å²) in [5, 5.41) is 0.220. The quantitative estimate of drug-likeness (QED) is 0.260. The van der Waals surface area contributed by atoms with Gasteiger partial charge in [0, 0.05) is 5.02 Å². The van der Waals surface area contributed by atoms with Crippen molar-refractivity contribution in [3.05, 3.63) is 105 Å². The summed E-state index contributed by atoms with van der Waals surface area (Å²) in [7, 11) is 0. The van der Waals surface area contributed by atoms with Gasteiger partial charge in [-0.1, -0.05) is 53.6 Å². The van der Waals surface area contributed by atoms with Crippen molar-refractivity contribution in [3.63, 3.8) is 0 Å². The van der Waals surface area contributed by atoms with Gasteiger partial charge < -0.3 is 4.74 Å². The van der Waals surface area contributed by atoms with Crippen molar-refractivity contribution in [1.82, 2.24) is 4.90 Å². The number of esters is 1. The molecule has 2 amide bonds. The summed E-state index contributed by atoms with van der Waals surface area (Å²) in [6.45, 7) is 2.11. The Labute approximate surface area is 194 Å². The largest absolute Gasteiger partial charge is 0.423 e. The molecule has 0 bridgehead atoms. The molecule has 0 atom stereocenters. The van der Waals surface area contributed by atoms with Gasteiger partial charge in [-0.25, -0.2) is 4.79 Å². The topological polar surface area (TPSA) is 63.7 Å². The van der Waals surface area contributed by atoms with E-state index in [4.69, 9.17) is 16.3 Å². The fourth-order valence-electron chi connectivity index (χ4n) is 3.09. The van der Waals surface area contributed by atoms with Gasteiger partial charge >= 0.3 is 5.97 Å². The molecule has 0 spiro atoms. The standard InChI is InChI=1S/C25H18ClNO4S/c1-16-5-9-19(10-6-16)24(29)31-21-11-7-17(8-12-21)14-22-23(28)27(25(30)32-22)15-18-3-2-4-20(26)13-18/h2-14H,15H2,1H3/b22-14-. The summed E-state index contributed by atoms with van der Waals surface area (Å²) in [5.74, 6) is -0.406. The number of hydrogen-bond acceptors (Lipinski definition) is 5. The summed E-state index contributed by atoms with van der Waals surface area (Å²) in [4.78, 5) is 38.8. The Morgan fingerprint density at radius 2 is 1.75 bits per heavy atom. The van der Waals surface area contributed by atoms with E-state index < -0.39 is 5.97 Å². The molecule has 160 valence electrons. The summed E-state index contributed by atoms with van der Waals surface area (Å²) in [6.07, 6.45) is 1.65. The molecule has 1 aliphatic rings. The highest BCUT2D eigenvalue weighted by molar-refractivity contribution is 8.18. The molecule has 1 heterocycles. The Hall–Kier alpha value is -3.35. The number of rotatable bonds is 5. The molecule has 0 aromatic heterocycles. The van der Waals surface area contributed by atoms with Gasteiger partial charge in [-0.3, -0.25) is 14.5 Å². The SMILES string of the molecule is Cc1ccc(C(=O)Oc2ccc(/C=C3\SC(=O)N(Cc4cccc(Cl)c4)C3=O)cc2)cc1. The minimum absolute atomic E-state index is 0.163.